The molecule has 0 saturated carbocycles. The number of hydrogen-bond acceptors (Lipinski definition) is 5. The van der Waals surface area contributed by atoms with Gasteiger partial charge in [-0.1, -0.05) is 0 Å². The highest BCUT2D eigenvalue weighted by molar-refractivity contribution is 7.89. The van der Waals surface area contributed by atoms with E-state index in [0.29, 0.717) is 50.7 Å². The van der Waals surface area contributed by atoms with Crippen molar-refractivity contribution in [3.05, 3.63) is 27.8 Å². The number of carbonyl (C=O) groups is 2. The molecule has 0 atom stereocenters. The molecule has 1 heterocycles. The van der Waals surface area contributed by atoms with E-state index in [-0.39, 0.29) is 24.8 Å². The van der Waals surface area contributed by atoms with Crippen molar-refractivity contribution in [3.63, 3.8) is 0 Å². The van der Waals surface area contributed by atoms with Crippen LogP contribution in [0.15, 0.2) is 4.90 Å². The average molecular weight is 481 g/mol. The van der Waals surface area contributed by atoms with Crippen LogP contribution in [0.2, 0.25) is 0 Å². The Morgan fingerprint density at radius 1 is 0.848 bits per heavy atom. The van der Waals surface area contributed by atoms with Gasteiger partial charge in [-0.15, -0.1) is 0 Å². The zero-order valence-corrected chi connectivity index (χ0v) is 22.1. The second kappa shape index (κ2) is 11.4. The van der Waals surface area contributed by atoms with Crippen molar-refractivity contribution in [2.45, 2.75) is 59.8 Å². The van der Waals surface area contributed by atoms with Gasteiger partial charge >= 0.3 is 0 Å². The summed E-state index contributed by atoms with van der Waals surface area (Å²) in [5.41, 5.74) is 4.57. The molecule has 0 aromatic heterocycles. The normalized spacial score (nSPS) is 15.1. The summed E-state index contributed by atoms with van der Waals surface area (Å²) in [6, 6.07) is 0. The van der Waals surface area contributed by atoms with Gasteiger partial charge in [0.1, 0.15) is 0 Å². The van der Waals surface area contributed by atoms with Gasteiger partial charge in [-0.05, 0) is 76.3 Å². The van der Waals surface area contributed by atoms with E-state index < -0.39 is 10.0 Å². The Balaban J connectivity index is 1.90. The lowest BCUT2D eigenvalue weighted by Gasteiger charge is -2.35. The van der Waals surface area contributed by atoms with E-state index in [9.17, 15) is 18.0 Å². The molecule has 8 nitrogen and oxygen atoms in total. The van der Waals surface area contributed by atoms with Gasteiger partial charge < -0.3 is 9.80 Å². The fourth-order valence-corrected chi connectivity index (χ4v) is 6.04. The smallest absolute Gasteiger partial charge is 0.241 e. The number of nitrogens with zero attached hydrogens (tertiary/aromatic N) is 3. The van der Waals surface area contributed by atoms with E-state index in [1.807, 2.05) is 53.4 Å². The molecule has 0 aliphatic carbocycles. The van der Waals surface area contributed by atoms with Crippen molar-refractivity contribution in [1.82, 2.24) is 19.4 Å². The fourth-order valence-electron chi connectivity index (χ4n) is 4.41. The van der Waals surface area contributed by atoms with Crippen LogP contribution in [0.1, 0.15) is 48.1 Å². The number of rotatable bonds is 9. The van der Waals surface area contributed by atoms with Crippen LogP contribution < -0.4 is 4.72 Å². The van der Waals surface area contributed by atoms with E-state index in [1.165, 1.54) is 0 Å². The van der Waals surface area contributed by atoms with Crippen LogP contribution in [-0.2, 0) is 19.6 Å². The predicted molar refractivity (Wildman–Crippen MR) is 131 cm³/mol. The Kier molecular flexibility index (Phi) is 9.46. The molecular weight excluding hydrogens is 440 g/mol. The molecule has 1 fully saturated rings. The Morgan fingerprint density at radius 3 is 1.82 bits per heavy atom. The number of hydrogen-bond donors (Lipinski definition) is 1. The minimum atomic E-state index is -3.72. The standard InChI is InChI=1S/C24H40N4O4S/c1-8-27(9-2)23(30)16-26-12-14-28(15-13-26)22(29)10-11-25-33(31,32)24-20(6)18(4)17(3)19(5)21(24)7/h25H,8-16H2,1-7H3. The second-order valence-corrected chi connectivity index (χ2v) is 10.5. The van der Waals surface area contributed by atoms with E-state index in [0.717, 1.165) is 27.8 Å². The van der Waals surface area contributed by atoms with E-state index in [4.69, 9.17) is 0 Å². The lowest BCUT2D eigenvalue weighted by atomic mass is 9.95. The molecular formula is C24H40N4O4S. The highest BCUT2D eigenvalue weighted by Crippen LogP contribution is 2.29. The summed E-state index contributed by atoms with van der Waals surface area (Å²) < 4.78 is 28.7. The lowest BCUT2D eigenvalue weighted by Crippen LogP contribution is -2.51. The summed E-state index contributed by atoms with van der Waals surface area (Å²) >= 11 is 0. The first-order valence-electron chi connectivity index (χ1n) is 11.8. The molecule has 0 spiro atoms. The van der Waals surface area contributed by atoms with Crippen LogP contribution in [0.5, 0.6) is 0 Å². The number of piperazine rings is 1. The van der Waals surface area contributed by atoms with E-state index in [2.05, 4.69) is 9.62 Å². The molecule has 0 bridgehead atoms. The third-order valence-corrected chi connectivity index (χ3v) is 8.76. The Bertz CT molecular complexity index is 950. The summed E-state index contributed by atoms with van der Waals surface area (Å²) in [4.78, 5) is 30.9. The average Bonchev–Trinajstić information content (AvgIpc) is 2.77. The third-order valence-electron chi connectivity index (χ3n) is 7.03. The van der Waals surface area contributed by atoms with Gasteiger partial charge in [0.2, 0.25) is 21.8 Å². The third kappa shape index (κ3) is 6.33. The number of amides is 2. The fraction of sp³-hybridized carbons (Fsp3) is 0.667. The molecule has 9 heteroatoms. The SMILES string of the molecule is CCN(CC)C(=O)CN1CCN(C(=O)CCNS(=O)(=O)c2c(C)c(C)c(C)c(C)c2C)CC1. The Labute approximate surface area is 199 Å². The van der Waals surface area contributed by atoms with Gasteiger partial charge in [-0.2, -0.15) is 0 Å². The van der Waals surface area contributed by atoms with Crippen LogP contribution in [0.3, 0.4) is 0 Å². The van der Waals surface area contributed by atoms with Crippen molar-refractivity contribution < 1.29 is 18.0 Å². The maximum atomic E-state index is 13.0. The van der Waals surface area contributed by atoms with Gasteiger partial charge in [0.25, 0.3) is 0 Å². The number of benzene rings is 1. The molecule has 0 radical (unpaired) electrons. The van der Waals surface area contributed by atoms with Gasteiger partial charge in [-0.25, -0.2) is 13.1 Å². The van der Waals surface area contributed by atoms with E-state index >= 15 is 0 Å². The summed E-state index contributed by atoms with van der Waals surface area (Å²) in [5, 5.41) is 0. The van der Waals surface area contributed by atoms with Crippen molar-refractivity contribution >= 4 is 21.8 Å². The topological polar surface area (TPSA) is 90.0 Å². The second-order valence-electron chi connectivity index (χ2n) is 8.82. The van der Waals surface area contributed by atoms with Crippen molar-refractivity contribution in [2.75, 3.05) is 52.4 Å². The first kappa shape index (κ1) is 27.3. The molecule has 186 valence electrons. The number of carbonyl (C=O) groups excluding carboxylic acids is 2. The zero-order chi connectivity index (χ0) is 24.9. The molecule has 0 unspecified atom stereocenters. The molecule has 1 saturated heterocycles. The first-order valence-corrected chi connectivity index (χ1v) is 13.3. The number of nitrogens with one attached hydrogen (secondary N) is 1. The van der Waals surface area contributed by atoms with Crippen LogP contribution in [0, 0.1) is 34.6 Å². The first-order chi connectivity index (χ1) is 15.4. The van der Waals surface area contributed by atoms with Gasteiger partial charge in [0.15, 0.2) is 0 Å². The Hall–Kier alpha value is -1.97. The monoisotopic (exact) mass is 480 g/mol. The van der Waals surface area contributed by atoms with E-state index in [1.54, 1.807) is 4.90 Å². The number of likely N-dealkylation sites (N-methyl/N-ethyl adjacent to an activating group) is 1. The molecule has 2 rings (SSSR count). The lowest BCUT2D eigenvalue weighted by molar-refractivity contribution is -0.134. The van der Waals surface area contributed by atoms with Crippen molar-refractivity contribution in [1.29, 1.82) is 0 Å². The molecule has 1 aliphatic heterocycles. The molecule has 1 aromatic carbocycles. The van der Waals surface area contributed by atoms with Crippen molar-refractivity contribution in [2.24, 2.45) is 0 Å². The Morgan fingerprint density at radius 2 is 1.33 bits per heavy atom. The number of sulfonamides is 1. The minimum Gasteiger partial charge on any atom is -0.342 e. The van der Waals surface area contributed by atoms with Gasteiger partial charge in [0.05, 0.1) is 11.4 Å². The molecule has 1 N–H and O–H groups in total. The maximum absolute atomic E-state index is 13.0. The molecule has 2 amide bonds. The quantitative estimate of drug-likeness (QED) is 0.583. The van der Waals surface area contributed by atoms with Gasteiger partial charge in [0, 0.05) is 52.2 Å². The highest BCUT2D eigenvalue weighted by Gasteiger charge is 2.26. The predicted octanol–water partition coefficient (Wildman–Crippen LogP) is 1.91. The van der Waals surface area contributed by atoms with Crippen LogP contribution in [0.25, 0.3) is 0 Å². The highest BCUT2D eigenvalue weighted by atomic mass is 32.2. The van der Waals surface area contributed by atoms with Crippen LogP contribution in [-0.4, -0.2) is 87.3 Å². The molecule has 33 heavy (non-hydrogen) atoms. The molecule has 1 aromatic rings. The summed E-state index contributed by atoms with van der Waals surface area (Å²) in [6.45, 7) is 17.7. The maximum Gasteiger partial charge on any atom is 0.241 e. The van der Waals surface area contributed by atoms with Crippen LogP contribution >= 0.6 is 0 Å². The van der Waals surface area contributed by atoms with Crippen molar-refractivity contribution in [3.8, 4) is 0 Å². The van der Waals surface area contributed by atoms with Gasteiger partial charge in [-0.3, -0.25) is 14.5 Å². The summed E-state index contributed by atoms with van der Waals surface area (Å²) in [6.07, 6.45) is 0.111. The summed E-state index contributed by atoms with van der Waals surface area (Å²) in [5.74, 6) is 0.0403. The van der Waals surface area contributed by atoms with Crippen LogP contribution in [0.4, 0.5) is 0 Å². The zero-order valence-electron chi connectivity index (χ0n) is 21.2. The minimum absolute atomic E-state index is 0.0622. The largest absolute Gasteiger partial charge is 0.342 e. The summed E-state index contributed by atoms with van der Waals surface area (Å²) in [7, 11) is -3.72. The molecule has 1 aliphatic rings.